The quantitative estimate of drug-likeness (QED) is 0.375. The Kier molecular flexibility index (Phi) is 7.39. The van der Waals surface area contributed by atoms with Gasteiger partial charge in [-0.25, -0.2) is 0 Å². The van der Waals surface area contributed by atoms with Gasteiger partial charge in [-0.3, -0.25) is 9.59 Å². The Balaban J connectivity index is 2.45. The molecular weight excluding hydrogens is 360 g/mol. The molecule has 0 spiro atoms. The number of carbonyl (C=O) groups excluding carboxylic acids is 2. The first-order valence-corrected chi connectivity index (χ1v) is 8.38. The second kappa shape index (κ2) is 9.97. The minimum Gasteiger partial charge on any atom is -0.493 e. The van der Waals surface area contributed by atoms with Crippen LogP contribution in [0.2, 0.25) is 0 Å². The second-order valence-electron chi connectivity index (χ2n) is 5.66. The van der Waals surface area contributed by atoms with Crippen LogP contribution < -0.4 is 18.9 Å². The lowest BCUT2D eigenvalue weighted by Crippen LogP contribution is -1.95. The maximum Gasteiger partial charge on any atom is 0.161 e. The highest BCUT2D eigenvalue weighted by Gasteiger charge is 2.09. The number of hydrogen-bond donors (Lipinski definition) is 0. The molecule has 0 fully saturated rings. The van der Waals surface area contributed by atoms with E-state index in [-0.39, 0.29) is 11.1 Å². The van der Waals surface area contributed by atoms with Gasteiger partial charge in [0.25, 0.3) is 0 Å². The van der Waals surface area contributed by atoms with E-state index in [1.807, 2.05) is 0 Å². The fraction of sp³-hybridized carbons (Fsp3) is 0.182. The topological polar surface area (TPSA) is 71.1 Å². The number of methoxy groups -OCH3 is 4. The number of rotatable bonds is 9. The normalized spacial score (nSPS) is 11.6. The monoisotopic (exact) mass is 382 g/mol. The number of allylic oxidation sites excluding steroid dienone is 2. The number of carbonyl (C=O) groups is 2. The maximum absolute atomic E-state index is 11.6. The van der Waals surface area contributed by atoms with Crippen LogP contribution in [0.25, 0.3) is 12.2 Å². The van der Waals surface area contributed by atoms with E-state index in [4.69, 9.17) is 18.9 Å². The molecule has 146 valence electrons. The van der Waals surface area contributed by atoms with Crippen LogP contribution in [0.3, 0.4) is 0 Å². The molecule has 0 aliphatic rings. The van der Waals surface area contributed by atoms with E-state index >= 15 is 0 Å². The summed E-state index contributed by atoms with van der Waals surface area (Å²) in [5.74, 6) is 2.20. The minimum absolute atomic E-state index is 0.233. The van der Waals surface area contributed by atoms with Crippen LogP contribution in [-0.4, -0.2) is 41.0 Å². The van der Waals surface area contributed by atoms with E-state index in [0.29, 0.717) is 46.7 Å². The van der Waals surface area contributed by atoms with Gasteiger partial charge in [0.1, 0.15) is 0 Å². The third-order valence-corrected chi connectivity index (χ3v) is 4.05. The van der Waals surface area contributed by atoms with E-state index < -0.39 is 0 Å². The van der Waals surface area contributed by atoms with E-state index in [1.54, 1.807) is 62.8 Å². The molecule has 0 radical (unpaired) electrons. The molecule has 0 aliphatic carbocycles. The molecule has 0 atom stereocenters. The van der Waals surface area contributed by atoms with Gasteiger partial charge in [-0.2, -0.15) is 0 Å². The van der Waals surface area contributed by atoms with Crippen molar-refractivity contribution in [1.82, 2.24) is 0 Å². The SMILES string of the molecule is COc1ccc(/C=C(C=O)\C(C=O)=C/c2ccc(OC)c(OC)c2)cc1OC. The third-order valence-electron chi connectivity index (χ3n) is 4.05. The fourth-order valence-electron chi connectivity index (χ4n) is 2.62. The molecule has 2 aromatic carbocycles. The minimum atomic E-state index is 0.233. The highest BCUT2D eigenvalue weighted by atomic mass is 16.5. The number of aldehydes is 2. The molecule has 0 bridgehead atoms. The van der Waals surface area contributed by atoms with E-state index in [2.05, 4.69) is 0 Å². The van der Waals surface area contributed by atoms with Crippen LogP contribution >= 0.6 is 0 Å². The van der Waals surface area contributed by atoms with Crippen molar-refractivity contribution in [1.29, 1.82) is 0 Å². The molecule has 0 saturated carbocycles. The summed E-state index contributed by atoms with van der Waals surface area (Å²) in [5.41, 5.74) is 1.86. The van der Waals surface area contributed by atoms with Crippen molar-refractivity contribution < 1.29 is 28.5 Å². The molecule has 2 rings (SSSR count). The van der Waals surface area contributed by atoms with Gasteiger partial charge < -0.3 is 18.9 Å². The second-order valence-corrected chi connectivity index (χ2v) is 5.66. The zero-order valence-electron chi connectivity index (χ0n) is 16.2. The summed E-state index contributed by atoms with van der Waals surface area (Å²) < 4.78 is 21.0. The summed E-state index contributed by atoms with van der Waals surface area (Å²) in [4.78, 5) is 23.3. The van der Waals surface area contributed by atoms with Crippen LogP contribution in [-0.2, 0) is 9.59 Å². The highest BCUT2D eigenvalue weighted by molar-refractivity contribution is 6.02. The van der Waals surface area contributed by atoms with Crippen molar-refractivity contribution in [2.45, 2.75) is 0 Å². The van der Waals surface area contributed by atoms with Crippen molar-refractivity contribution in [3.8, 4) is 23.0 Å². The molecule has 28 heavy (non-hydrogen) atoms. The Morgan fingerprint density at radius 3 is 1.25 bits per heavy atom. The molecule has 6 heteroatoms. The molecule has 0 unspecified atom stereocenters. The van der Waals surface area contributed by atoms with Gasteiger partial charge in [-0.15, -0.1) is 0 Å². The largest absolute Gasteiger partial charge is 0.493 e. The molecule has 0 amide bonds. The van der Waals surface area contributed by atoms with Gasteiger partial charge in [-0.1, -0.05) is 12.1 Å². The Bertz CT molecular complexity index is 836. The lowest BCUT2D eigenvalue weighted by molar-refractivity contribution is -0.107. The van der Waals surface area contributed by atoms with Crippen LogP contribution in [0, 0.1) is 0 Å². The first-order valence-electron chi connectivity index (χ1n) is 8.38. The van der Waals surface area contributed by atoms with Crippen LogP contribution in [0.1, 0.15) is 11.1 Å². The van der Waals surface area contributed by atoms with Gasteiger partial charge in [-0.05, 0) is 47.5 Å². The van der Waals surface area contributed by atoms with Gasteiger partial charge in [0.2, 0.25) is 0 Å². The Morgan fingerprint density at radius 2 is 0.964 bits per heavy atom. The summed E-state index contributed by atoms with van der Waals surface area (Å²) >= 11 is 0. The molecule has 0 saturated heterocycles. The zero-order chi connectivity index (χ0) is 20.5. The number of hydrogen-bond acceptors (Lipinski definition) is 6. The van der Waals surface area contributed by atoms with Gasteiger partial charge in [0, 0.05) is 11.1 Å². The molecule has 0 heterocycles. The molecule has 0 N–H and O–H groups in total. The van der Waals surface area contributed by atoms with Crippen molar-refractivity contribution in [2.24, 2.45) is 0 Å². The Labute approximate surface area is 164 Å². The Morgan fingerprint density at radius 1 is 0.607 bits per heavy atom. The van der Waals surface area contributed by atoms with E-state index in [0.717, 1.165) is 0 Å². The lowest BCUT2D eigenvalue weighted by Gasteiger charge is -2.09. The molecular formula is C22H22O6. The highest BCUT2D eigenvalue weighted by Crippen LogP contribution is 2.30. The average Bonchev–Trinajstić information content (AvgIpc) is 2.75. The van der Waals surface area contributed by atoms with E-state index in [9.17, 15) is 9.59 Å². The van der Waals surface area contributed by atoms with E-state index in [1.165, 1.54) is 14.2 Å². The smallest absolute Gasteiger partial charge is 0.161 e. The third kappa shape index (κ3) is 4.79. The molecule has 2 aromatic rings. The number of ether oxygens (including phenoxy) is 4. The standard InChI is InChI=1S/C22H22O6/c1-25-19-7-5-15(11-21(19)27-3)9-17(13-23)18(14-24)10-16-6-8-20(26-2)22(12-16)28-4/h5-14H,1-4H3/b17-9-,18-10-. The first kappa shape index (κ1) is 20.8. The Hall–Kier alpha value is -3.54. The summed E-state index contributed by atoms with van der Waals surface area (Å²) in [5, 5.41) is 0. The van der Waals surface area contributed by atoms with Crippen LogP contribution in [0.15, 0.2) is 47.5 Å². The van der Waals surface area contributed by atoms with Gasteiger partial charge in [0.15, 0.2) is 35.6 Å². The lowest BCUT2D eigenvalue weighted by atomic mass is 10.0. The molecule has 0 aromatic heterocycles. The fourth-order valence-corrected chi connectivity index (χ4v) is 2.62. The predicted octanol–water partition coefficient (Wildman–Crippen LogP) is 3.59. The summed E-state index contributed by atoms with van der Waals surface area (Å²) in [7, 11) is 6.14. The average molecular weight is 382 g/mol. The van der Waals surface area contributed by atoms with Crippen molar-refractivity contribution in [3.05, 3.63) is 58.7 Å². The van der Waals surface area contributed by atoms with Crippen molar-refractivity contribution in [2.75, 3.05) is 28.4 Å². The summed E-state index contributed by atoms with van der Waals surface area (Å²) in [6.07, 6.45) is 4.49. The van der Waals surface area contributed by atoms with Gasteiger partial charge >= 0.3 is 0 Å². The number of benzene rings is 2. The zero-order valence-corrected chi connectivity index (χ0v) is 16.2. The molecule has 6 nitrogen and oxygen atoms in total. The van der Waals surface area contributed by atoms with Crippen molar-refractivity contribution in [3.63, 3.8) is 0 Å². The van der Waals surface area contributed by atoms with Crippen LogP contribution in [0.5, 0.6) is 23.0 Å². The van der Waals surface area contributed by atoms with Crippen molar-refractivity contribution >= 4 is 24.7 Å². The summed E-state index contributed by atoms with van der Waals surface area (Å²) in [6.45, 7) is 0. The maximum atomic E-state index is 11.6. The van der Waals surface area contributed by atoms with Crippen LogP contribution in [0.4, 0.5) is 0 Å². The predicted molar refractivity (Wildman–Crippen MR) is 107 cm³/mol. The van der Waals surface area contributed by atoms with Gasteiger partial charge in [0.05, 0.1) is 28.4 Å². The molecule has 0 aliphatic heterocycles. The first-order chi connectivity index (χ1) is 13.6. The summed E-state index contributed by atoms with van der Waals surface area (Å²) in [6, 6.07) is 10.4.